The number of β-amino-alcohol motifs (C(OH)–C–C–N with tert-alkyl or cyclic N) is 1. The number of nitrogens with one attached hydrogen (secondary N) is 1. The molecule has 0 aromatic carbocycles. The van der Waals surface area contributed by atoms with Gasteiger partial charge in [-0.25, -0.2) is 0 Å². The monoisotopic (exact) mass is 345 g/mol. The maximum Gasteiger partial charge on any atom is 0.240 e. The minimum atomic E-state index is -0.303. The quantitative estimate of drug-likeness (QED) is 0.775. The van der Waals surface area contributed by atoms with Gasteiger partial charge in [0, 0.05) is 43.9 Å². The van der Waals surface area contributed by atoms with Crippen molar-refractivity contribution in [3.63, 3.8) is 0 Å². The van der Waals surface area contributed by atoms with Gasteiger partial charge in [0.1, 0.15) is 0 Å². The Morgan fingerprint density at radius 1 is 1.45 bits per heavy atom. The molecule has 1 amide bonds. The highest BCUT2D eigenvalue weighted by atomic mass is 35.5. The van der Waals surface area contributed by atoms with Gasteiger partial charge in [0.05, 0.1) is 12.1 Å². The van der Waals surface area contributed by atoms with Crippen LogP contribution in [-0.4, -0.2) is 76.8 Å². The zero-order chi connectivity index (χ0) is 13.1. The van der Waals surface area contributed by atoms with Crippen LogP contribution in [0.25, 0.3) is 0 Å². The van der Waals surface area contributed by atoms with Crippen LogP contribution in [0, 0.1) is 0 Å². The van der Waals surface area contributed by atoms with Crippen LogP contribution in [0.15, 0.2) is 0 Å². The second kappa shape index (κ2) is 9.33. The van der Waals surface area contributed by atoms with Crippen molar-refractivity contribution in [1.82, 2.24) is 15.1 Å². The molecule has 120 valence electrons. The molecular formula is C12H25Cl2N3O2S. The Balaban J connectivity index is 0.00000180. The van der Waals surface area contributed by atoms with E-state index < -0.39 is 0 Å². The SMILES string of the molecule is CC(O)CN1CCN(C(=O)C2CSCN2)CC1C.Cl.Cl. The number of nitrogens with zero attached hydrogens (tertiary/aromatic N) is 2. The molecule has 2 saturated heterocycles. The number of carbonyl (C=O) groups excluding carboxylic acids is 1. The molecule has 0 spiro atoms. The van der Waals surface area contributed by atoms with Crippen LogP contribution in [0.4, 0.5) is 0 Å². The molecule has 0 bridgehead atoms. The van der Waals surface area contributed by atoms with E-state index in [1.807, 2.05) is 11.8 Å². The molecule has 8 heteroatoms. The second-order valence-corrected chi connectivity index (χ2v) is 6.28. The van der Waals surface area contributed by atoms with E-state index in [1.54, 1.807) is 11.8 Å². The van der Waals surface area contributed by atoms with Crippen molar-refractivity contribution >= 4 is 42.5 Å². The van der Waals surface area contributed by atoms with Gasteiger partial charge in [-0.1, -0.05) is 0 Å². The van der Waals surface area contributed by atoms with E-state index in [0.717, 1.165) is 31.3 Å². The number of rotatable bonds is 3. The van der Waals surface area contributed by atoms with Gasteiger partial charge in [0.2, 0.25) is 5.91 Å². The Morgan fingerprint density at radius 2 is 2.15 bits per heavy atom. The fourth-order valence-corrected chi connectivity index (χ4v) is 3.51. The van der Waals surface area contributed by atoms with Crippen LogP contribution < -0.4 is 5.32 Å². The second-order valence-electron chi connectivity index (χ2n) is 5.25. The predicted octanol–water partition coefficient (Wildman–Crippen LogP) is 0.406. The highest BCUT2D eigenvalue weighted by Crippen LogP contribution is 2.15. The molecule has 2 N–H and O–H groups in total. The van der Waals surface area contributed by atoms with Crippen LogP contribution in [-0.2, 0) is 4.79 Å². The van der Waals surface area contributed by atoms with Gasteiger partial charge in [-0.15, -0.1) is 36.6 Å². The van der Waals surface area contributed by atoms with Crippen molar-refractivity contribution in [2.75, 3.05) is 37.8 Å². The third kappa shape index (κ3) is 5.24. The first-order valence-electron chi connectivity index (χ1n) is 6.60. The molecule has 0 aromatic heterocycles. The molecule has 0 aliphatic carbocycles. The number of aliphatic hydroxyl groups excluding tert-OH is 1. The minimum absolute atomic E-state index is 0. The van der Waals surface area contributed by atoms with Gasteiger partial charge in [-0.05, 0) is 13.8 Å². The summed E-state index contributed by atoms with van der Waals surface area (Å²) in [4.78, 5) is 16.5. The van der Waals surface area contributed by atoms with Crippen LogP contribution in [0.2, 0.25) is 0 Å². The van der Waals surface area contributed by atoms with Crippen molar-refractivity contribution < 1.29 is 9.90 Å². The number of piperazine rings is 1. The van der Waals surface area contributed by atoms with Crippen molar-refractivity contribution in [2.45, 2.75) is 32.0 Å². The van der Waals surface area contributed by atoms with Crippen LogP contribution in [0.1, 0.15) is 13.8 Å². The number of thioether (sulfide) groups is 1. The maximum atomic E-state index is 12.3. The normalized spacial score (nSPS) is 28.4. The summed E-state index contributed by atoms with van der Waals surface area (Å²) in [5.74, 6) is 2.01. The summed E-state index contributed by atoms with van der Waals surface area (Å²) >= 11 is 1.78. The first-order valence-corrected chi connectivity index (χ1v) is 7.75. The molecule has 3 unspecified atom stereocenters. The Bertz CT molecular complexity index is 304. The number of amides is 1. The van der Waals surface area contributed by atoms with Crippen molar-refractivity contribution in [3.8, 4) is 0 Å². The lowest BCUT2D eigenvalue weighted by atomic mass is 10.1. The van der Waals surface area contributed by atoms with Crippen molar-refractivity contribution in [2.24, 2.45) is 0 Å². The smallest absolute Gasteiger partial charge is 0.240 e. The van der Waals surface area contributed by atoms with Gasteiger partial charge in [0.25, 0.3) is 0 Å². The standard InChI is InChI=1S/C12H23N3O2S.2ClH/c1-9-5-15(4-3-14(9)6-10(2)16)12(17)11-7-18-8-13-11;;/h9-11,13,16H,3-8H2,1-2H3;2*1H. The number of carbonyl (C=O) groups is 1. The Morgan fingerprint density at radius 3 is 2.65 bits per heavy atom. The molecule has 5 nitrogen and oxygen atoms in total. The highest BCUT2D eigenvalue weighted by molar-refractivity contribution is 7.99. The molecule has 0 saturated carbocycles. The Hall–Kier alpha value is 0.280. The van der Waals surface area contributed by atoms with Gasteiger partial charge in [-0.2, -0.15) is 0 Å². The van der Waals surface area contributed by atoms with Gasteiger partial charge < -0.3 is 10.0 Å². The number of aliphatic hydroxyl groups is 1. The third-order valence-electron chi connectivity index (χ3n) is 3.59. The van der Waals surface area contributed by atoms with Crippen LogP contribution in [0.5, 0.6) is 0 Å². The Kier molecular flexibility index (Phi) is 9.46. The predicted molar refractivity (Wildman–Crippen MR) is 88.0 cm³/mol. The first kappa shape index (κ1) is 20.3. The zero-order valence-corrected chi connectivity index (χ0v) is 14.4. The third-order valence-corrected chi connectivity index (χ3v) is 4.53. The molecule has 0 radical (unpaired) electrons. The summed E-state index contributed by atoms with van der Waals surface area (Å²) in [7, 11) is 0. The lowest BCUT2D eigenvalue weighted by molar-refractivity contribution is -0.135. The molecule has 2 aliphatic heterocycles. The zero-order valence-electron chi connectivity index (χ0n) is 11.9. The maximum absolute atomic E-state index is 12.3. The number of hydrogen-bond acceptors (Lipinski definition) is 5. The van der Waals surface area contributed by atoms with Crippen LogP contribution >= 0.6 is 36.6 Å². The minimum Gasteiger partial charge on any atom is -0.392 e. The largest absolute Gasteiger partial charge is 0.392 e. The summed E-state index contributed by atoms with van der Waals surface area (Å²) < 4.78 is 0. The molecule has 20 heavy (non-hydrogen) atoms. The van der Waals surface area contributed by atoms with E-state index in [1.165, 1.54) is 0 Å². The van der Waals surface area contributed by atoms with E-state index in [0.29, 0.717) is 12.6 Å². The molecule has 0 aromatic rings. The average Bonchev–Trinajstić information content (AvgIpc) is 2.84. The fraction of sp³-hybridized carbons (Fsp3) is 0.917. The highest BCUT2D eigenvalue weighted by Gasteiger charge is 2.32. The van der Waals surface area contributed by atoms with Crippen molar-refractivity contribution in [1.29, 1.82) is 0 Å². The first-order chi connectivity index (χ1) is 8.58. The van der Waals surface area contributed by atoms with Crippen molar-refractivity contribution in [3.05, 3.63) is 0 Å². The molecular weight excluding hydrogens is 321 g/mol. The van der Waals surface area contributed by atoms with E-state index in [2.05, 4.69) is 17.1 Å². The lowest BCUT2D eigenvalue weighted by Gasteiger charge is -2.41. The van der Waals surface area contributed by atoms with E-state index >= 15 is 0 Å². The van der Waals surface area contributed by atoms with E-state index in [-0.39, 0.29) is 42.9 Å². The van der Waals surface area contributed by atoms with E-state index in [9.17, 15) is 9.90 Å². The van der Waals surface area contributed by atoms with Gasteiger partial charge in [-0.3, -0.25) is 15.0 Å². The summed E-state index contributed by atoms with van der Waals surface area (Å²) in [5, 5.41) is 12.7. The molecule has 2 heterocycles. The summed E-state index contributed by atoms with van der Waals surface area (Å²) in [5.41, 5.74) is 0. The number of halogens is 2. The lowest BCUT2D eigenvalue weighted by Crippen LogP contribution is -2.57. The summed E-state index contributed by atoms with van der Waals surface area (Å²) in [6.45, 7) is 7.04. The van der Waals surface area contributed by atoms with Gasteiger partial charge >= 0.3 is 0 Å². The topological polar surface area (TPSA) is 55.8 Å². The molecule has 2 aliphatic rings. The number of hydrogen-bond donors (Lipinski definition) is 2. The molecule has 3 atom stereocenters. The van der Waals surface area contributed by atoms with Gasteiger partial charge in [0.15, 0.2) is 0 Å². The summed E-state index contributed by atoms with van der Waals surface area (Å²) in [6, 6.07) is 0.330. The van der Waals surface area contributed by atoms with Crippen LogP contribution in [0.3, 0.4) is 0 Å². The van der Waals surface area contributed by atoms with E-state index in [4.69, 9.17) is 0 Å². The molecule has 2 rings (SSSR count). The Labute approximate surface area is 137 Å². The summed E-state index contributed by atoms with van der Waals surface area (Å²) in [6.07, 6.45) is -0.303. The average molecular weight is 346 g/mol. The molecule has 2 fully saturated rings. The fourth-order valence-electron chi connectivity index (χ4n) is 2.58.